The van der Waals surface area contributed by atoms with Crippen molar-refractivity contribution in [1.29, 1.82) is 5.26 Å². The molecule has 2 aromatic rings. The molecule has 0 spiro atoms. The minimum Gasteiger partial charge on any atom is -0.402 e. The molecule has 0 bridgehead atoms. The van der Waals surface area contributed by atoms with Crippen molar-refractivity contribution in [2.75, 3.05) is 0 Å². The molecule has 0 amide bonds. The maximum Gasteiger partial charge on any atom is 0.363 e. The van der Waals surface area contributed by atoms with Gasteiger partial charge in [0, 0.05) is 22.8 Å². The molecule has 0 N–H and O–H groups in total. The van der Waals surface area contributed by atoms with E-state index in [-0.39, 0.29) is 11.6 Å². The minimum absolute atomic E-state index is 0.221. The highest BCUT2D eigenvalue weighted by molar-refractivity contribution is 9.10. The summed E-state index contributed by atoms with van der Waals surface area (Å²) in [6, 6.07) is 11.2. The third-order valence-corrected chi connectivity index (χ3v) is 4.17. The molecule has 0 unspecified atom stereocenters. The molecule has 114 valence electrons. The number of nitriles is 1. The highest BCUT2D eigenvalue weighted by Gasteiger charge is 2.24. The summed E-state index contributed by atoms with van der Waals surface area (Å²) in [5.74, 6) is -0.224. The summed E-state index contributed by atoms with van der Waals surface area (Å²) in [5.41, 5.74) is 3.12. The van der Waals surface area contributed by atoms with Crippen LogP contribution in [0, 0.1) is 18.3 Å². The van der Waals surface area contributed by atoms with Crippen LogP contribution in [0.15, 0.2) is 45.5 Å². The zero-order valence-electron chi connectivity index (χ0n) is 12.5. The van der Waals surface area contributed by atoms with Gasteiger partial charge < -0.3 is 9.30 Å². The first kappa shape index (κ1) is 15.3. The number of rotatable bonds is 2. The first-order valence-corrected chi connectivity index (χ1v) is 7.64. The molecule has 0 aliphatic carbocycles. The van der Waals surface area contributed by atoms with Gasteiger partial charge in [-0.15, -0.1) is 0 Å². The first-order valence-electron chi connectivity index (χ1n) is 6.84. The Balaban J connectivity index is 2.00. The lowest BCUT2D eigenvalue weighted by Crippen LogP contribution is -2.05. The topological polar surface area (TPSA) is 67.4 Å². The van der Waals surface area contributed by atoms with E-state index < -0.39 is 5.97 Å². The first-order chi connectivity index (χ1) is 11.0. The van der Waals surface area contributed by atoms with Gasteiger partial charge in [-0.05, 0) is 42.8 Å². The van der Waals surface area contributed by atoms with Crippen LogP contribution in [0.5, 0.6) is 0 Å². The SMILES string of the molecule is Cc1c(C=C2N=C(c3cccc(Br)c3)OC2=O)cc(C#N)n1C. The highest BCUT2D eigenvalue weighted by atomic mass is 79.9. The van der Waals surface area contributed by atoms with Gasteiger partial charge in [-0.3, -0.25) is 0 Å². The molecule has 1 aliphatic rings. The van der Waals surface area contributed by atoms with E-state index in [1.165, 1.54) is 0 Å². The summed E-state index contributed by atoms with van der Waals surface area (Å²) in [6.07, 6.45) is 1.64. The quantitative estimate of drug-likeness (QED) is 0.602. The molecule has 1 aromatic carbocycles. The molecule has 0 fully saturated rings. The number of aliphatic imine (C=N–C) groups is 1. The monoisotopic (exact) mass is 369 g/mol. The van der Waals surface area contributed by atoms with Gasteiger partial charge in [0.05, 0.1) is 0 Å². The van der Waals surface area contributed by atoms with E-state index in [1.54, 1.807) is 23.8 Å². The van der Waals surface area contributed by atoms with Crippen molar-refractivity contribution < 1.29 is 9.53 Å². The van der Waals surface area contributed by atoms with Crippen molar-refractivity contribution >= 4 is 33.9 Å². The number of hydrogen-bond donors (Lipinski definition) is 0. The van der Waals surface area contributed by atoms with Crippen LogP contribution in [0.4, 0.5) is 0 Å². The van der Waals surface area contributed by atoms with Gasteiger partial charge in [-0.25, -0.2) is 9.79 Å². The predicted octanol–water partition coefficient (Wildman–Crippen LogP) is 3.31. The molecule has 0 radical (unpaired) electrons. The number of hydrogen-bond acceptors (Lipinski definition) is 4. The molecule has 0 saturated heterocycles. The zero-order valence-corrected chi connectivity index (χ0v) is 14.1. The Morgan fingerprint density at radius 2 is 2.17 bits per heavy atom. The van der Waals surface area contributed by atoms with Crippen LogP contribution in [-0.4, -0.2) is 16.4 Å². The highest BCUT2D eigenvalue weighted by Crippen LogP contribution is 2.23. The Morgan fingerprint density at radius 3 is 2.83 bits per heavy atom. The number of esters is 1. The molecule has 0 atom stereocenters. The number of ether oxygens (including phenoxy) is 1. The minimum atomic E-state index is -0.498. The summed E-state index contributed by atoms with van der Waals surface area (Å²) < 4.78 is 7.89. The number of benzene rings is 1. The van der Waals surface area contributed by atoms with Crippen LogP contribution < -0.4 is 0 Å². The van der Waals surface area contributed by atoms with Crippen molar-refractivity contribution in [3.8, 4) is 6.07 Å². The Hall–Kier alpha value is -2.65. The molecule has 1 aromatic heterocycles. The van der Waals surface area contributed by atoms with Gasteiger partial charge in [0.15, 0.2) is 5.70 Å². The Morgan fingerprint density at radius 1 is 1.39 bits per heavy atom. The van der Waals surface area contributed by atoms with Gasteiger partial charge in [-0.2, -0.15) is 5.26 Å². The van der Waals surface area contributed by atoms with Gasteiger partial charge in [-0.1, -0.05) is 22.0 Å². The van der Waals surface area contributed by atoms with E-state index in [4.69, 9.17) is 10.00 Å². The van der Waals surface area contributed by atoms with Gasteiger partial charge >= 0.3 is 5.97 Å². The summed E-state index contributed by atoms with van der Waals surface area (Å²) in [4.78, 5) is 16.3. The Kier molecular flexibility index (Phi) is 3.89. The number of carbonyl (C=O) groups is 1. The second-order valence-electron chi connectivity index (χ2n) is 5.09. The molecule has 6 heteroatoms. The Labute approximate surface area is 141 Å². The van der Waals surface area contributed by atoms with Crippen molar-refractivity contribution in [3.05, 3.63) is 63.0 Å². The van der Waals surface area contributed by atoms with Crippen LogP contribution in [0.1, 0.15) is 22.5 Å². The summed E-state index contributed by atoms with van der Waals surface area (Å²) in [6.45, 7) is 1.88. The van der Waals surface area contributed by atoms with E-state index in [0.29, 0.717) is 5.69 Å². The van der Waals surface area contributed by atoms with Crippen LogP contribution in [0.2, 0.25) is 0 Å². The van der Waals surface area contributed by atoms with E-state index in [2.05, 4.69) is 27.0 Å². The lowest BCUT2D eigenvalue weighted by molar-refractivity contribution is -0.129. The second-order valence-corrected chi connectivity index (χ2v) is 6.00. The van der Waals surface area contributed by atoms with Crippen molar-refractivity contribution in [2.24, 2.45) is 12.0 Å². The van der Waals surface area contributed by atoms with Crippen LogP contribution in [-0.2, 0) is 16.6 Å². The van der Waals surface area contributed by atoms with Gasteiger partial charge in [0.1, 0.15) is 11.8 Å². The number of carbonyl (C=O) groups excluding carboxylic acids is 1. The standard InChI is InChI=1S/C17H12BrN3O2/c1-10-12(7-14(9-19)21(10)2)8-15-17(22)23-16(20-15)11-4-3-5-13(18)6-11/h3-8H,1-2H3. The normalized spacial score (nSPS) is 15.5. The van der Waals surface area contributed by atoms with Gasteiger partial charge in [0.2, 0.25) is 5.90 Å². The maximum absolute atomic E-state index is 12.0. The summed E-state index contributed by atoms with van der Waals surface area (Å²) in [5, 5.41) is 9.07. The van der Waals surface area contributed by atoms with Crippen LogP contribution >= 0.6 is 15.9 Å². The Bertz CT molecular complexity index is 916. The lowest BCUT2D eigenvalue weighted by atomic mass is 10.2. The molecule has 5 nitrogen and oxygen atoms in total. The largest absolute Gasteiger partial charge is 0.402 e. The molecule has 2 heterocycles. The molecule has 23 heavy (non-hydrogen) atoms. The molecule has 0 saturated carbocycles. The van der Waals surface area contributed by atoms with E-state index in [9.17, 15) is 4.79 Å². The molecule has 1 aliphatic heterocycles. The summed E-state index contributed by atoms with van der Waals surface area (Å²) in [7, 11) is 1.80. The maximum atomic E-state index is 12.0. The van der Waals surface area contributed by atoms with Crippen LogP contribution in [0.25, 0.3) is 6.08 Å². The predicted molar refractivity (Wildman–Crippen MR) is 89.6 cm³/mol. The number of halogens is 1. The average Bonchev–Trinajstić information content (AvgIpc) is 3.03. The number of cyclic esters (lactones) is 1. The average molecular weight is 370 g/mol. The summed E-state index contributed by atoms with van der Waals surface area (Å²) >= 11 is 3.38. The number of nitrogens with zero attached hydrogens (tertiary/aromatic N) is 3. The van der Waals surface area contributed by atoms with E-state index in [1.807, 2.05) is 31.2 Å². The van der Waals surface area contributed by atoms with E-state index >= 15 is 0 Å². The number of aromatic nitrogens is 1. The third-order valence-electron chi connectivity index (χ3n) is 3.67. The third kappa shape index (κ3) is 2.83. The fraction of sp³-hybridized carbons (Fsp3) is 0.118. The fourth-order valence-corrected chi connectivity index (χ4v) is 2.68. The van der Waals surface area contributed by atoms with Gasteiger partial charge in [0.25, 0.3) is 0 Å². The smallest absolute Gasteiger partial charge is 0.363 e. The van der Waals surface area contributed by atoms with E-state index in [0.717, 1.165) is 21.3 Å². The lowest BCUT2D eigenvalue weighted by Gasteiger charge is -1.99. The second kappa shape index (κ2) is 5.86. The molecular weight excluding hydrogens is 358 g/mol. The van der Waals surface area contributed by atoms with Crippen molar-refractivity contribution in [3.63, 3.8) is 0 Å². The zero-order chi connectivity index (χ0) is 16.6. The molecular formula is C17H12BrN3O2. The molecule has 3 rings (SSSR count). The van der Waals surface area contributed by atoms with Crippen LogP contribution in [0.3, 0.4) is 0 Å². The van der Waals surface area contributed by atoms with Crippen molar-refractivity contribution in [2.45, 2.75) is 6.92 Å². The van der Waals surface area contributed by atoms with Crippen molar-refractivity contribution in [1.82, 2.24) is 4.57 Å². The fourth-order valence-electron chi connectivity index (χ4n) is 2.28.